The summed E-state index contributed by atoms with van der Waals surface area (Å²) in [5.74, 6) is 0.568. The van der Waals surface area contributed by atoms with Crippen LogP contribution in [0.5, 0.6) is 0 Å². The van der Waals surface area contributed by atoms with E-state index in [1.54, 1.807) is 0 Å². The highest BCUT2D eigenvalue weighted by Crippen LogP contribution is 2.36. The van der Waals surface area contributed by atoms with Gasteiger partial charge in [0.1, 0.15) is 0 Å². The molecule has 1 nitrogen and oxygen atoms in total. The van der Waals surface area contributed by atoms with Gasteiger partial charge in [0.25, 0.3) is 0 Å². The van der Waals surface area contributed by atoms with E-state index < -0.39 is 0 Å². The zero-order chi connectivity index (χ0) is 31.4. The van der Waals surface area contributed by atoms with Gasteiger partial charge in [0.05, 0.1) is 0 Å². The highest BCUT2D eigenvalue weighted by Gasteiger charge is 2.14. The van der Waals surface area contributed by atoms with Crippen LogP contribution in [0, 0.1) is 0 Å². The van der Waals surface area contributed by atoms with E-state index in [-0.39, 0.29) is 0 Å². The third-order valence-corrected chi connectivity index (χ3v) is 9.97. The van der Waals surface area contributed by atoms with Crippen LogP contribution >= 0.6 is 31.9 Å². The predicted octanol–water partition coefficient (Wildman–Crippen LogP) is 13.3. The van der Waals surface area contributed by atoms with E-state index in [1.807, 2.05) is 0 Å². The Bertz CT molecular complexity index is 1480. The van der Waals surface area contributed by atoms with Gasteiger partial charge >= 0.3 is 0 Å². The fraction of sp³-hybridized carbons (Fsp3) is 0.286. The van der Waals surface area contributed by atoms with Crippen LogP contribution in [0.25, 0.3) is 0 Å². The van der Waals surface area contributed by atoms with Crippen molar-refractivity contribution < 1.29 is 0 Å². The van der Waals surface area contributed by atoms with Crippen LogP contribution in [-0.4, -0.2) is 0 Å². The highest BCUT2D eigenvalue weighted by atomic mass is 79.9. The molecule has 0 fully saturated rings. The van der Waals surface area contributed by atoms with Crippen molar-refractivity contribution in [3.05, 3.63) is 158 Å². The van der Waals surface area contributed by atoms with Gasteiger partial charge in [-0.25, -0.2) is 0 Å². The molecule has 0 saturated carbocycles. The van der Waals surface area contributed by atoms with Crippen LogP contribution < -0.4 is 4.90 Å². The summed E-state index contributed by atoms with van der Waals surface area (Å²) in [7, 11) is 0. The summed E-state index contributed by atoms with van der Waals surface area (Å²) in [4.78, 5) is 2.40. The average molecular weight is 724 g/mol. The third-order valence-electron chi connectivity index (χ3n) is 8.91. The molecule has 5 aromatic carbocycles. The van der Waals surface area contributed by atoms with Gasteiger partial charge in [-0.1, -0.05) is 106 Å². The first-order valence-corrected chi connectivity index (χ1v) is 18.1. The van der Waals surface area contributed by atoms with Crippen molar-refractivity contribution in [2.24, 2.45) is 0 Å². The molecule has 1 unspecified atom stereocenters. The Morgan fingerprint density at radius 2 is 0.733 bits per heavy atom. The van der Waals surface area contributed by atoms with E-state index in [0.717, 1.165) is 41.0 Å². The Morgan fingerprint density at radius 3 is 1.04 bits per heavy atom. The monoisotopic (exact) mass is 721 g/mol. The number of rotatable bonds is 15. The minimum Gasteiger partial charge on any atom is -0.311 e. The Kier molecular flexibility index (Phi) is 12.5. The van der Waals surface area contributed by atoms with Gasteiger partial charge in [0.2, 0.25) is 0 Å². The van der Waals surface area contributed by atoms with Gasteiger partial charge in [0.15, 0.2) is 0 Å². The summed E-state index contributed by atoms with van der Waals surface area (Å²) in [5.41, 5.74) is 10.6. The quantitative estimate of drug-likeness (QED) is 0.0972. The van der Waals surface area contributed by atoms with Crippen LogP contribution in [0.15, 0.2) is 130 Å². The molecule has 45 heavy (non-hydrogen) atoms. The fourth-order valence-electron chi connectivity index (χ4n) is 5.88. The lowest BCUT2D eigenvalue weighted by molar-refractivity contribution is 0.733. The molecule has 3 heteroatoms. The first-order valence-electron chi connectivity index (χ1n) is 16.6. The number of unbranched alkanes of at least 4 members (excludes halogenated alkanes) is 2. The Balaban J connectivity index is 1.24. The van der Waals surface area contributed by atoms with Crippen molar-refractivity contribution in [3.8, 4) is 0 Å². The number of nitrogens with zero attached hydrogens (tertiary/aromatic N) is 1. The minimum absolute atomic E-state index is 0.568. The van der Waals surface area contributed by atoms with Gasteiger partial charge < -0.3 is 4.90 Å². The Hall–Kier alpha value is -3.14. The van der Waals surface area contributed by atoms with Crippen molar-refractivity contribution in [3.63, 3.8) is 0 Å². The van der Waals surface area contributed by atoms with E-state index in [2.05, 4.69) is 172 Å². The number of hydrogen-bond acceptors (Lipinski definition) is 1. The Labute approximate surface area is 288 Å². The summed E-state index contributed by atoms with van der Waals surface area (Å²) < 4.78 is 2.29. The normalized spacial score (nSPS) is 11.8. The molecule has 0 N–H and O–H groups in total. The highest BCUT2D eigenvalue weighted by molar-refractivity contribution is 9.10. The number of aryl methyl sites for hydroxylation is 4. The second-order valence-corrected chi connectivity index (χ2v) is 14.1. The molecule has 0 bridgehead atoms. The molecule has 0 aliphatic carbocycles. The molecule has 0 saturated heterocycles. The lowest BCUT2D eigenvalue weighted by atomic mass is 9.98. The zero-order valence-corrected chi connectivity index (χ0v) is 29.9. The van der Waals surface area contributed by atoms with Crippen LogP contribution in [0.1, 0.15) is 79.7 Å². The summed E-state index contributed by atoms with van der Waals surface area (Å²) in [6, 6.07) is 45.0. The Morgan fingerprint density at radius 1 is 0.444 bits per heavy atom. The van der Waals surface area contributed by atoms with Crippen molar-refractivity contribution in [2.45, 2.75) is 77.6 Å². The van der Waals surface area contributed by atoms with Crippen LogP contribution in [0.4, 0.5) is 17.1 Å². The maximum absolute atomic E-state index is 3.53. The van der Waals surface area contributed by atoms with E-state index in [0.29, 0.717) is 5.92 Å². The molecule has 5 aromatic rings. The molecule has 0 heterocycles. The topological polar surface area (TPSA) is 3.24 Å². The molecule has 0 radical (unpaired) electrons. The first kappa shape index (κ1) is 33.2. The van der Waals surface area contributed by atoms with E-state index in [9.17, 15) is 0 Å². The molecule has 0 amide bonds. The molecular formula is C42H45Br2N. The first-order chi connectivity index (χ1) is 22.0. The summed E-state index contributed by atoms with van der Waals surface area (Å²) >= 11 is 7.07. The molecule has 232 valence electrons. The van der Waals surface area contributed by atoms with Crippen LogP contribution in [-0.2, 0) is 25.7 Å². The van der Waals surface area contributed by atoms with Gasteiger partial charge in [-0.05, 0) is 152 Å². The van der Waals surface area contributed by atoms with Gasteiger partial charge in [-0.2, -0.15) is 0 Å². The molecule has 0 aromatic heterocycles. The average Bonchev–Trinajstić information content (AvgIpc) is 3.08. The second kappa shape index (κ2) is 17.0. The maximum atomic E-state index is 3.53. The van der Waals surface area contributed by atoms with Crippen molar-refractivity contribution >= 4 is 48.9 Å². The molecule has 0 aliphatic heterocycles. The summed E-state index contributed by atoms with van der Waals surface area (Å²) in [6.07, 6.45) is 10.4. The fourth-order valence-corrected chi connectivity index (χ4v) is 6.41. The lowest BCUT2D eigenvalue weighted by Gasteiger charge is -2.26. The maximum Gasteiger partial charge on any atom is 0.0461 e. The largest absolute Gasteiger partial charge is 0.311 e. The van der Waals surface area contributed by atoms with E-state index in [4.69, 9.17) is 0 Å². The number of anilines is 3. The van der Waals surface area contributed by atoms with Crippen LogP contribution in [0.3, 0.4) is 0 Å². The molecule has 1 atom stereocenters. The van der Waals surface area contributed by atoms with E-state index >= 15 is 0 Å². The summed E-state index contributed by atoms with van der Waals surface area (Å²) in [5, 5.41) is 0. The molecule has 0 aliphatic rings. The standard InChI is InChI=1S/C42H45Br2N/c1-3-32(2)37-20-30-42(31-21-37)45(40-26-16-35(17-27-40)10-6-4-8-33-12-22-38(43)23-13-33)41-28-18-36(19-29-41)11-7-5-9-34-14-24-39(44)25-15-34/h12-32H,3-11H2,1-2H3. The zero-order valence-electron chi connectivity index (χ0n) is 26.7. The number of halogens is 2. The van der Waals surface area contributed by atoms with Crippen molar-refractivity contribution in [1.82, 2.24) is 0 Å². The SMILES string of the molecule is CCC(C)c1ccc(N(c2ccc(CCCCc3ccc(Br)cc3)cc2)c2ccc(CCCCc3ccc(Br)cc3)cc2)cc1. The summed E-state index contributed by atoms with van der Waals surface area (Å²) in [6.45, 7) is 4.57. The predicted molar refractivity (Wildman–Crippen MR) is 201 cm³/mol. The van der Waals surface area contributed by atoms with Crippen molar-refractivity contribution in [2.75, 3.05) is 4.90 Å². The van der Waals surface area contributed by atoms with Gasteiger partial charge in [-0.15, -0.1) is 0 Å². The van der Waals surface area contributed by atoms with Gasteiger partial charge in [-0.3, -0.25) is 0 Å². The lowest BCUT2D eigenvalue weighted by Crippen LogP contribution is -2.10. The van der Waals surface area contributed by atoms with Crippen LogP contribution in [0.2, 0.25) is 0 Å². The number of hydrogen-bond donors (Lipinski definition) is 0. The number of benzene rings is 5. The molecule has 5 rings (SSSR count). The second-order valence-electron chi connectivity index (χ2n) is 12.2. The third kappa shape index (κ3) is 9.92. The smallest absolute Gasteiger partial charge is 0.0461 e. The molecular weight excluding hydrogens is 678 g/mol. The van der Waals surface area contributed by atoms with Crippen molar-refractivity contribution in [1.29, 1.82) is 0 Å². The van der Waals surface area contributed by atoms with Gasteiger partial charge in [0, 0.05) is 26.0 Å². The minimum atomic E-state index is 0.568. The molecule has 0 spiro atoms. The van der Waals surface area contributed by atoms with E-state index in [1.165, 1.54) is 70.6 Å².